The highest BCUT2D eigenvalue weighted by atomic mass is 16.6. The lowest BCUT2D eigenvalue weighted by atomic mass is 9.79. The van der Waals surface area contributed by atoms with E-state index in [1.165, 1.54) is 6.08 Å². The number of carbonyl (C=O) groups is 5. The molecule has 18 heteroatoms. The number of rotatable bonds is 28. The highest BCUT2D eigenvalue weighted by molar-refractivity contribution is 5.81. The van der Waals surface area contributed by atoms with Gasteiger partial charge in [-0.3, -0.25) is 19.2 Å². The number of hydrogen-bond donors (Lipinski definition) is 4. The lowest BCUT2D eigenvalue weighted by molar-refractivity contribution is -0.884. The number of quaternary nitrogens is 1. The summed E-state index contributed by atoms with van der Waals surface area (Å²) in [5.41, 5.74) is -1.53. The Morgan fingerprint density at radius 1 is 0.690 bits per heavy atom. The molecule has 0 spiro atoms. The molecule has 340 valence electrons. The Labute approximate surface area is 345 Å². The topological polar surface area (TPSA) is 248 Å². The molecule has 18 nitrogen and oxygen atoms in total. The predicted octanol–water partition coefficient (Wildman–Crippen LogP) is 0.572. The number of likely N-dealkylation sites (N-methyl/N-ethyl adjacent to an activating group) is 2. The SMILES string of the molecule is C=CC(=O)OCCO.CCC(C)(CC(C)C(=O)OCCO)C(=O)OCCN(C)C.CCC(C)(CC(C)C(=O)OCCO)C(=O)OCC[N+](C)(C)CC=C([O-])OCCO. The molecular weight excluding hydrogens is 764 g/mol. The number of carbonyl (C=O) groups excluding carboxylic acids is 5. The summed E-state index contributed by atoms with van der Waals surface area (Å²) < 4.78 is 30.1. The van der Waals surface area contributed by atoms with E-state index in [4.69, 9.17) is 44.1 Å². The van der Waals surface area contributed by atoms with E-state index in [9.17, 15) is 29.1 Å². The minimum absolute atomic E-state index is 0.0146. The summed E-state index contributed by atoms with van der Waals surface area (Å²) in [5.74, 6) is -3.42. The van der Waals surface area contributed by atoms with Crippen LogP contribution >= 0.6 is 0 Å². The fraction of sp³-hybridized carbons (Fsp3) is 0.775. The number of aliphatic hydroxyl groups is 4. The second-order valence-corrected chi connectivity index (χ2v) is 14.9. The third-order valence-electron chi connectivity index (χ3n) is 8.83. The van der Waals surface area contributed by atoms with Crippen molar-refractivity contribution in [3.05, 3.63) is 24.7 Å². The van der Waals surface area contributed by atoms with Gasteiger partial charge in [0.15, 0.2) is 0 Å². The molecule has 0 fully saturated rings. The first kappa shape index (κ1) is 58.5. The molecule has 0 aliphatic rings. The van der Waals surface area contributed by atoms with Crippen molar-refractivity contribution in [1.29, 1.82) is 0 Å². The van der Waals surface area contributed by atoms with Crippen molar-refractivity contribution >= 4 is 29.8 Å². The van der Waals surface area contributed by atoms with Crippen LogP contribution in [0.1, 0.15) is 67.2 Å². The van der Waals surface area contributed by atoms with Crippen LogP contribution in [0.3, 0.4) is 0 Å². The van der Waals surface area contributed by atoms with Crippen LogP contribution < -0.4 is 5.11 Å². The first-order chi connectivity index (χ1) is 27.1. The number of aliphatic hydroxyl groups excluding tert-OH is 4. The van der Waals surface area contributed by atoms with E-state index < -0.39 is 46.5 Å². The van der Waals surface area contributed by atoms with Crippen LogP contribution in [0.25, 0.3) is 0 Å². The zero-order valence-electron chi connectivity index (χ0n) is 36.6. The third kappa shape index (κ3) is 28.6. The lowest BCUT2D eigenvalue weighted by Gasteiger charge is -2.31. The van der Waals surface area contributed by atoms with Gasteiger partial charge in [-0.2, -0.15) is 0 Å². The summed E-state index contributed by atoms with van der Waals surface area (Å²) in [6, 6.07) is 0. The minimum atomic E-state index is -0.824. The number of ether oxygens (including phenoxy) is 6. The van der Waals surface area contributed by atoms with E-state index >= 15 is 0 Å². The zero-order chi connectivity index (χ0) is 45.4. The van der Waals surface area contributed by atoms with Crippen molar-refractivity contribution < 1.29 is 82.4 Å². The van der Waals surface area contributed by atoms with Crippen molar-refractivity contribution in [2.45, 2.75) is 67.2 Å². The predicted molar refractivity (Wildman–Crippen MR) is 212 cm³/mol. The van der Waals surface area contributed by atoms with Gasteiger partial charge in [0.2, 0.25) is 0 Å². The van der Waals surface area contributed by atoms with Crippen LogP contribution in [-0.4, -0.2) is 174 Å². The normalized spacial score (nSPS) is 14.4. The Balaban J connectivity index is -0.000000905. The molecule has 0 saturated carbocycles. The highest BCUT2D eigenvalue weighted by Crippen LogP contribution is 2.33. The van der Waals surface area contributed by atoms with E-state index in [1.54, 1.807) is 27.7 Å². The summed E-state index contributed by atoms with van der Waals surface area (Å²) in [7, 11) is 7.60. The lowest BCUT2D eigenvalue weighted by Crippen LogP contribution is -2.44. The number of esters is 5. The zero-order valence-corrected chi connectivity index (χ0v) is 36.6. The quantitative estimate of drug-likeness (QED) is 0.0277. The van der Waals surface area contributed by atoms with Gasteiger partial charge in [-0.25, -0.2) is 4.79 Å². The average Bonchev–Trinajstić information content (AvgIpc) is 3.19. The fourth-order valence-corrected chi connectivity index (χ4v) is 4.72. The Morgan fingerprint density at radius 2 is 1.09 bits per heavy atom. The van der Waals surface area contributed by atoms with Gasteiger partial charge in [0.05, 0.1) is 75.7 Å². The van der Waals surface area contributed by atoms with Crippen molar-refractivity contribution in [3.8, 4) is 0 Å². The monoisotopic (exact) mass is 839 g/mol. The molecule has 0 bridgehead atoms. The molecule has 0 rings (SSSR count). The summed E-state index contributed by atoms with van der Waals surface area (Å²) in [6.07, 6.45) is 4.20. The van der Waals surface area contributed by atoms with E-state index in [0.29, 0.717) is 50.0 Å². The Bertz CT molecular complexity index is 1210. The number of nitrogens with zero attached hydrogens (tertiary/aromatic N) is 2. The number of hydrogen-bond acceptors (Lipinski definition) is 17. The largest absolute Gasteiger partial charge is 0.611 e. The molecule has 4 N–H and O–H groups in total. The van der Waals surface area contributed by atoms with Gasteiger partial charge in [-0.15, -0.1) is 0 Å². The van der Waals surface area contributed by atoms with Gasteiger partial charge in [0.1, 0.15) is 39.6 Å². The van der Waals surface area contributed by atoms with Crippen LogP contribution in [0.4, 0.5) is 0 Å². The van der Waals surface area contributed by atoms with Gasteiger partial charge >= 0.3 is 29.8 Å². The van der Waals surface area contributed by atoms with Crippen LogP contribution in [0.5, 0.6) is 0 Å². The third-order valence-corrected chi connectivity index (χ3v) is 8.83. The molecule has 0 aliphatic heterocycles. The first-order valence-electron chi connectivity index (χ1n) is 19.5. The molecule has 0 aromatic heterocycles. The Kier molecular flexibility index (Phi) is 33.4. The second kappa shape index (κ2) is 33.1. The molecular formula is C40H74N2O16. The van der Waals surface area contributed by atoms with Crippen LogP contribution in [0.2, 0.25) is 0 Å². The maximum absolute atomic E-state index is 12.6. The maximum atomic E-state index is 12.6. The minimum Gasteiger partial charge on any atom is -0.611 e. The summed E-state index contributed by atoms with van der Waals surface area (Å²) >= 11 is 0. The average molecular weight is 839 g/mol. The van der Waals surface area contributed by atoms with Crippen LogP contribution in [0.15, 0.2) is 24.7 Å². The second-order valence-electron chi connectivity index (χ2n) is 14.9. The molecule has 4 atom stereocenters. The van der Waals surface area contributed by atoms with Gasteiger partial charge in [-0.05, 0) is 59.7 Å². The summed E-state index contributed by atoms with van der Waals surface area (Å²) in [6.45, 7) is 15.1. The standard InChI is InChI=1S/C20H37NO8.C15H29NO5.C5H8O3/c1-6-20(3,15-16(2)18(25)28-14-11-23)19(26)29-12-9-21(4,5)8-7-17(24)27-13-10-22;1-6-15(3,14(19)21-9-7-16(4)5)11-12(2)13(18)20-10-8-17;1-2-5(7)8-4-3-6/h7,16,22-23H,6,8-15H2,1-5H3;12,17H,6-11H2,1-5H3;2,6H,1,3-4H2. The molecule has 0 radical (unpaired) electrons. The smallest absolute Gasteiger partial charge is 0.330 e. The fourth-order valence-electron chi connectivity index (χ4n) is 4.72. The van der Waals surface area contributed by atoms with E-state index in [1.807, 2.05) is 46.9 Å². The summed E-state index contributed by atoms with van der Waals surface area (Å²) in [5, 5.41) is 45.6. The molecule has 4 unspecified atom stereocenters. The van der Waals surface area contributed by atoms with Crippen molar-refractivity contribution in [2.75, 3.05) is 114 Å². The highest BCUT2D eigenvalue weighted by Gasteiger charge is 2.38. The van der Waals surface area contributed by atoms with Crippen molar-refractivity contribution in [3.63, 3.8) is 0 Å². The molecule has 0 aromatic rings. The van der Waals surface area contributed by atoms with Crippen LogP contribution in [-0.2, 0) is 52.4 Å². The van der Waals surface area contributed by atoms with Gasteiger partial charge in [0.25, 0.3) is 0 Å². The molecule has 0 heterocycles. The molecule has 0 aromatic carbocycles. The van der Waals surface area contributed by atoms with E-state index in [0.717, 1.165) is 6.08 Å². The Morgan fingerprint density at radius 3 is 1.47 bits per heavy atom. The molecule has 0 amide bonds. The Hall–Kier alpha value is -3.81. The van der Waals surface area contributed by atoms with Gasteiger partial charge in [0, 0.05) is 19.2 Å². The molecule has 0 saturated heterocycles. The van der Waals surface area contributed by atoms with E-state index in [2.05, 4.69) is 11.3 Å². The van der Waals surface area contributed by atoms with Crippen molar-refractivity contribution in [2.24, 2.45) is 22.7 Å². The molecule has 58 heavy (non-hydrogen) atoms. The summed E-state index contributed by atoms with van der Waals surface area (Å²) in [4.78, 5) is 60.5. The molecule has 0 aliphatic carbocycles. The van der Waals surface area contributed by atoms with Crippen LogP contribution in [0, 0.1) is 22.7 Å². The van der Waals surface area contributed by atoms with Gasteiger partial charge in [-0.1, -0.05) is 34.3 Å². The van der Waals surface area contributed by atoms with E-state index in [-0.39, 0.29) is 77.8 Å². The first-order valence-corrected chi connectivity index (χ1v) is 19.5. The van der Waals surface area contributed by atoms with Crippen molar-refractivity contribution in [1.82, 2.24) is 4.90 Å². The maximum Gasteiger partial charge on any atom is 0.330 e. The van der Waals surface area contributed by atoms with Gasteiger partial charge < -0.3 is 63.3 Å².